The fourth-order valence-electron chi connectivity index (χ4n) is 4.67. The first-order valence-corrected chi connectivity index (χ1v) is 11.6. The lowest BCUT2D eigenvalue weighted by molar-refractivity contribution is -0.120. The molecule has 0 aliphatic carbocycles. The molecule has 2 aromatic rings. The van der Waals surface area contributed by atoms with Gasteiger partial charge in [0.2, 0.25) is 5.91 Å². The molecule has 1 amide bonds. The Hall–Kier alpha value is -2.68. The number of carbonyl (C=O) groups is 1. The molecule has 0 bridgehead atoms. The van der Waals surface area contributed by atoms with Gasteiger partial charge in [-0.05, 0) is 81.6 Å². The molecule has 5 heteroatoms. The zero-order chi connectivity index (χ0) is 22.9. The second-order valence-electron chi connectivity index (χ2n) is 9.20. The molecular weight excluding hydrogens is 396 g/mol. The average Bonchev–Trinajstić information content (AvgIpc) is 2.75. The summed E-state index contributed by atoms with van der Waals surface area (Å²) < 4.78 is 0. The van der Waals surface area contributed by atoms with Crippen molar-refractivity contribution in [3.05, 3.63) is 65.2 Å². The van der Waals surface area contributed by atoms with Gasteiger partial charge in [-0.15, -0.1) is 0 Å². The second-order valence-corrected chi connectivity index (χ2v) is 9.20. The molecule has 0 N–H and O–H groups in total. The minimum atomic E-state index is 0.0879. The van der Waals surface area contributed by atoms with E-state index in [1.54, 1.807) is 4.90 Å². The van der Waals surface area contributed by atoms with E-state index in [1.807, 2.05) is 26.0 Å². The van der Waals surface area contributed by atoms with E-state index in [1.165, 1.54) is 5.56 Å². The summed E-state index contributed by atoms with van der Waals surface area (Å²) in [6.07, 6.45) is 2.58. The predicted octanol–water partition coefficient (Wildman–Crippen LogP) is 4.39. The van der Waals surface area contributed by atoms with Gasteiger partial charge in [0.05, 0.1) is 19.0 Å². The van der Waals surface area contributed by atoms with E-state index in [0.717, 1.165) is 55.8 Å². The summed E-state index contributed by atoms with van der Waals surface area (Å²) in [5, 5.41) is 9.07. The van der Waals surface area contributed by atoms with Gasteiger partial charge in [0.1, 0.15) is 0 Å². The van der Waals surface area contributed by atoms with Crippen LogP contribution < -0.4 is 4.90 Å². The Bertz CT molecular complexity index is 893. The molecule has 0 aromatic heterocycles. The highest BCUT2D eigenvalue weighted by molar-refractivity contribution is 5.95. The highest BCUT2D eigenvalue weighted by Gasteiger charge is 2.24. The van der Waals surface area contributed by atoms with Gasteiger partial charge in [0, 0.05) is 25.3 Å². The number of amides is 1. The Kier molecular flexibility index (Phi) is 8.84. The zero-order valence-electron chi connectivity index (χ0n) is 19.8. The molecule has 5 nitrogen and oxygen atoms in total. The van der Waals surface area contributed by atoms with Gasteiger partial charge >= 0.3 is 0 Å². The third-order valence-electron chi connectivity index (χ3n) is 6.20. The lowest BCUT2D eigenvalue weighted by Crippen LogP contribution is -2.45. The number of hydrogen-bond donors (Lipinski definition) is 0. The first kappa shape index (κ1) is 24.0. The Morgan fingerprint density at radius 2 is 1.75 bits per heavy atom. The van der Waals surface area contributed by atoms with Gasteiger partial charge in [-0.1, -0.05) is 36.4 Å². The van der Waals surface area contributed by atoms with Crippen molar-refractivity contribution in [3.8, 4) is 6.07 Å². The summed E-state index contributed by atoms with van der Waals surface area (Å²) in [5.41, 5.74) is 4.52. The van der Waals surface area contributed by atoms with Crippen LogP contribution in [-0.2, 0) is 11.3 Å². The molecule has 0 unspecified atom stereocenters. The van der Waals surface area contributed by atoms with Crippen molar-refractivity contribution in [2.75, 3.05) is 44.7 Å². The minimum absolute atomic E-state index is 0.0879. The zero-order valence-corrected chi connectivity index (χ0v) is 19.8. The van der Waals surface area contributed by atoms with Crippen LogP contribution in [0.25, 0.3) is 0 Å². The van der Waals surface area contributed by atoms with Gasteiger partial charge in [-0.3, -0.25) is 9.69 Å². The Labute approximate surface area is 193 Å². The number of nitrogens with zero attached hydrogens (tertiary/aromatic N) is 4. The van der Waals surface area contributed by atoms with Crippen LogP contribution in [0.2, 0.25) is 0 Å². The molecule has 0 atom stereocenters. The number of nitriles is 1. The number of hydrogen-bond acceptors (Lipinski definition) is 4. The quantitative estimate of drug-likeness (QED) is 0.590. The van der Waals surface area contributed by atoms with E-state index in [-0.39, 0.29) is 5.91 Å². The molecule has 1 heterocycles. The van der Waals surface area contributed by atoms with E-state index in [0.29, 0.717) is 25.4 Å². The third-order valence-corrected chi connectivity index (χ3v) is 6.20. The minimum Gasteiger partial charge on any atom is -0.310 e. The summed E-state index contributed by atoms with van der Waals surface area (Å²) in [6.45, 7) is 8.93. The first-order chi connectivity index (χ1) is 15.4. The molecule has 0 spiro atoms. The molecule has 32 heavy (non-hydrogen) atoms. The van der Waals surface area contributed by atoms with Crippen molar-refractivity contribution in [2.24, 2.45) is 5.92 Å². The number of benzene rings is 2. The molecule has 0 radical (unpaired) electrons. The van der Waals surface area contributed by atoms with E-state index in [2.05, 4.69) is 59.3 Å². The number of carbonyl (C=O) groups excluding carboxylic acids is 1. The maximum Gasteiger partial charge on any atom is 0.241 e. The summed E-state index contributed by atoms with van der Waals surface area (Å²) in [5.74, 6) is 0.758. The Morgan fingerprint density at radius 3 is 2.38 bits per heavy atom. The number of rotatable bonds is 9. The predicted molar refractivity (Wildman–Crippen MR) is 130 cm³/mol. The fourth-order valence-corrected chi connectivity index (χ4v) is 4.67. The standard InChI is InChI=1S/C27H36N4O/c1-22-16-23(2)18-26(17-22)31(13-7-12-28)27(32)21-30-14-10-25(11-15-30)20-29(3)19-24-8-5-4-6-9-24/h4-6,8-9,16-18,25H,7,10-11,13-15,19-21H2,1-3H3. The molecule has 3 rings (SSSR count). The first-order valence-electron chi connectivity index (χ1n) is 11.6. The lowest BCUT2D eigenvalue weighted by Gasteiger charge is -2.34. The van der Waals surface area contributed by atoms with Crippen LogP contribution in [0.5, 0.6) is 0 Å². The monoisotopic (exact) mass is 432 g/mol. The average molecular weight is 433 g/mol. The third kappa shape index (κ3) is 7.19. The molecule has 1 aliphatic rings. The molecule has 1 aliphatic heterocycles. The van der Waals surface area contributed by atoms with Crippen molar-refractivity contribution in [3.63, 3.8) is 0 Å². The van der Waals surface area contributed by atoms with Crippen LogP contribution >= 0.6 is 0 Å². The fraction of sp³-hybridized carbons (Fsp3) is 0.481. The maximum atomic E-state index is 13.2. The summed E-state index contributed by atoms with van der Waals surface area (Å²) in [6, 6.07) is 19.0. The molecule has 170 valence electrons. The van der Waals surface area contributed by atoms with Crippen LogP contribution in [-0.4, -0.2) is 55.5 Å². The Morgan fingerprint density at radius 1 is 1.09 bits per heavy atom. The van der Waals surface area contributed by atoms with Gasteiger partial charge in [0.15, 0.2) is 0 Å². The number of piperidine rings is 1. The number of aryl methyl sites for hydroxylation is 2. The molecule has 1 fully saturated rings. The van der Waals surface area contributed by atoms with Crippen LogP contribution in [0, 0.1) is 31.1 Å². The maximum absolute atomic E-state index is 13.2. The Balaban J connectivity index is 1.51. The summed E-state index contributed by atoms with van der Waals surface area (Å²) in [7, 11) is 2.19. The molecular formula is C27H36N4O. The van der Waals surface area contributed by atoms with Crippen molar-refractivity contribution in [1.29, 1.82) is 5.26 Å². The summed E-state index contributed by atoms with van der Waals surface area (Å²) >= 11 is 0. The molecule has 0 saturated carbocycles. The van der Waals surface area contributed by atoms with Crippen molar-refractivity contribution in [1.82, 2.24) is 9.80 Å². The summed E-state index contributed by atoms with van der Waals surface area (Å²) in [4.78, 5) is 19.6. The van der Waals surface area contributed by atoms with E-state index in [9.17, 15) is 4.79 Å². The van der Waals surface area contributed by atoms with Crippen LogP contribution in [0.1, 0.15) is 36.0 Å². The van der Waals surface area contributed by atoms with Crippen molar-refractivity contribution in [2.45, 2.75) is 39.7 Å². The molecule has 2 aromatic carbocycles. The van der Waals surface area contributed by atoms with Crippen molar-refractivity contribution < 1.29 is 4.79 Å². The van der Waals surface area contributed by atoms with Gasteiger partial charge in [-0.2, -0.15) is 5.26 Å². The van der Waals surface area contributed by atoms with Crippen LogP contribution in [0.4, 0.5) is 5.69 Å². The smallest absolute Gasteiger partial charge is 0.241 e. The number of likely N-dealkylation sites (tertiary alicyclic amines) is 1. The van der Waals surface area contributed by atoms with Gasteiger partial charge in [-0.25, -0.2) is 0 Å². The SMILES string of the molecule is Cc1cc(C)cc(N(CCC#N)C(=O)CN2CCC(CN(C)Cc3ccccc3)CC2)c1. The largest absolute Gasteiger partial charge is 0.310 e. The van der Waals surface area contributed by atoms with Crippen LogP contribution in [0.15, 0.2) is 48.5 Å². The van der Waals surface area contributed by atoms with Gasteiger partial charge < -0.3 is 9.80 Å². The number of anilines is 1. The normalized spacial score (nSPS) is 15.0. The van der Waals surface area contributed by atoms with E-state index >= 15 is 0 Å². The van der Waals surface area contributed by atoms with E-state index < -0.39 is 0 Å². The highest BCUT2D eigenvalue weighted by atomic mass is 16.2. The topological polar surface area (TPSA) is 50.6 Å². The molecule has 1 saturated heterocycles. The second kappa shape index (κ2) is 11.8. The van der Waals surface area contributed by atoms with Crippen LogP contribution in [0.3, 0.4) is 0 Å². The highest BCUT2D eigenvalue weighted by Crippen LogP contribution is 2.22. The van der Waals surface area contributed by atoms with Gasteiger partial charge in [0.25, 0.3) is 0 Å². The van der Waals surface area contributed by atoms with Crippen molar-refractivity contribution >= 4 is 11.6 Å². The lowest BCUT2D eigenvalue weighted by atomic mass is 9.96. The van der Waals surface area contributed by atoms with E-state index in [4.69, 9.17) is 5.26 Å².